The van der Waals surface area contributed by atoms with Crippen LogP contribution >= 0.6 is 11.8 Å². The number of thioether (sulfide) groups is 1. The van der Waals surface area contributed by atoms with Gasteiger partial charge >= 0.3 is 0 Å². The average molecular weight is 237 g/mol. The van der Waals surface area contributed by atoms with Crippen molar-refractivity contribution in [2.24, 2.45) is 0 Å². The second-order valence-electron chi connectivity index (χ2n) is 4.25. The molecule has 0 spiro atoms. The third-order valence-corrected chi connectivity index (χ3v) is 4.23. The topological polar surface area (TPSA) is 20.3 Å². The highest BCUT2D eigenvalue weighted by Crippen LogP contribution is 2.45. The van der Waals surface area contributed by atoms with Crippen LogP contribution in [0.2, 0.25) is 0 Å². The van der Waals surface area contributed by atoms with Crippen LogP contribution in [0.15, 0.2) is 24.3 Å². The van der Waals surface area contributed by atoms with E-state index in [4.69, 9.17) is 0 Å². The lowest BCUT2D eigenvalue weighted by Crippen LogP contribution is -2.30. The van der Waals surface area contributed by atoms with E-state index in [1.807, 2.05) is 4.90 Å². The summed E-state index contributed by atoms with van der Waals surface area (Å²) in [5.74, 6) is 0.552. The molecule has 84 valence electrons. The van der Waals surface area contributed by atoms with E-state index in [1.54, 1.807) is 23.9 Å². The van der Waals surface area contributed by atoms with Gasteiger partial charge in [-0.05, 0) is 30.5 Å². The Balaban J connectivity index is 1.88. The second-order valence-corrected chi connectivity index (χ2v) is 5.32. The van der Waals surface area contributed by atoms with Gasteiger partial charge in [-0.25, -0.2) is 4.39 Å². The normalized spacial score (nSPS) is 25.2. The Labute approximate surface area is 97.8 Å². The molecule has 4 heteroatoms. The maximum atomic E-state index is 12.8. The van der Waals surface area contributed by atoms with Crippen molar-refractivity contribution in [1.29, 1.82) is 0 Å². The number of rotatable bonds is 2. The molecule has 1 atom stereocenters. The van der Waals surface area contributed by atoms with Crippen molar-refractivity contribution in [3.63, 3.8) is 0 Å². The van der Waals surface area contributed by atoms with Crippen LogP contribution in [-0.4, -0.2) is 22.6 Å². The first kappa shape index (κ1) is 10.1. The second kappa shape index (κ2) is 3.77. The summed E-state index contributed by atoms with van der Waals surface area (Å²) in [5, 5.41) is 0.0978. The summed E-state index contributed by atoms with van der Waals surface area (Å²) in [6.07, 6.45) is 2.23. The molecule has 1 heterocycles. The molecule has 1 aliphatic carbocycles. The van der Waals surface area contributed by atoms with E-state index in [0.29, 0.717) is 11.8 Å². The fraction of sp³-hybridized carbons (Fsp3) is 0.417. The van der Waals surface area contributed by atoms with Gasteiger partial charge in [0, 0.05) is 6.04 Å². The molecule has 1 aromatic carbocycles. The van der Waals surface area contributed by atoms with E-state index in [2.05, 4.69) is 0 Å². The Bertz CT molecular complexity index is 416. The molecular formula is C12H12FNOS. The monoisotopic (exact) mass is 237 g/mol. The van der Waals surface area contributed by atoms with Crippen LogP contribution in [0.3, 0.4) is 0 Å². The minimum absolute atomic E-state index is 0.0978. The van der Waals surface area contributed by atoms with Crippen LogP contribution in [-0.2, 0) is 4.79 Å². The van der Waals surface area contributed by atoms with Crippen LogP contribution < -0.4 is 0 Å². The van der Waals surface area contributed by atoms with Crippen LogP contribution in [0.1, 0.15) is 23.8 Å². The summed E-state index contributed by atoms with van der Waals surface area (Å²) in [7, 11) is 0. The van der Waals surface area contributed by atoms with Gasteiger partial charge in [0.15, 0.2) is 0 Å². The number of hydrogen-bond donors (Lipinski definition) is 0. The first-order valence-electron chi connectivity index (χ1n) is 5.44. The molecule has 0 radical (unpaired) electrons. The Morgan fingerprint density at radius 2 is 1.94 bits per heavy atom. The van der Waals surface area contributed by atoms with Gasteiger partial charge in [-0.2, -0.15) is 0 Å². The van der Waals surface area contributed by atoms with Crippen LogP contribution in [0, 0.1) is 5.82 Å². The molecule has 1 aliphatic heterocycles. The Kier molecular flexibility index (Phi) is 2.39. The zero-order chi connectivity index (χ0) is 11.1. The smallest absolute Gasteiger partial charge is 0.234 e. The molecule has 2 fully saturated rings. The van der Waals surface area contributed by atoms with Crippen LogP contribution in [0.5, 0.6) is 0 Å². The quantitative estimate of drug-likeness (QED) is 0.788. The average Bonchev–Trinajstić information content (AvgIpc) is 3.04. The standard InChI is InChI=1S/C12H12FNOS/c13-9-3-1-8(2-4-9)12-14(10-5-6-10)11(15)7-16-12/h1-4,10,12H,5-7H2. The fourth-order valence-corrected chi connectivity index (χ4v) is 3.32. The Morgan fingerprint density at radius 3 is 2.56 bits per heavy atom. The SMILES string of the molecule is O=C1CSC(c2ccc(F)cc2)N1C1CC1. The molecule has 1 saturated heterocycles. The summed E-state index contributed by atoms with van der Waals surface area (Å²) in [6.45, 7) is 0. The molecule has 3 rings (SSSR count). The van der Waals surface area contributed by atoms with E-state index in [1.165, 1.54) is 12.1 Å². The van der Waals surface area contributed by atoms with Crippen molar-refractivity contribution in [1.82, 2.24) is 4.90 Å². The minimum Gasteiger partial charge on any atom is -0.323 e. The number of halogens is 1. The van der Waals surface area contributed by atoms with E-state index < -0.39 is 0 Å². The van der Waals surface area contributed by atoms with Gasteiger partial charge < -0.3 is 4.90 Å². The number of carbonyl (C=O) groups excluding carboxylic acids is 1. The predicted octanol–water partition coefficient (Wildman–Crippen LogP) is 2.56. The summed E-state index contributed by atoms with van der Waals surface area (Å²) < 4.78 is 12.8. The van der Waals surface area contributed by atoms with Gasteiger partial charge in [-0.1, -0.05) is 12.1 Å². The molecule has 1 saturated carbocycles. The number of hydrogen-bond acceptors (Lipinski definition) is 2. The van der Waals surface area contributed by atoms with E-state index in [-0.39, 0.29) is 17.1 Å². The molecule has 1 unspecified atom stereocenters. The van der Waals surface area contributed by atoms with Crippen molar-refractivity contribution in [2.75, 3.05) is 5.75 Å². The number of nitrogens with zero attached hydrogens (tertiary/aromatic N) is 1. The fourth-order valence-electron chi connectivity index (χ4n) is 2.07. The summed E-state index contributed by atoms with van der Waals surface area (Å²) in [4.78, 5) is 13.7. The lowest BCUT2D eigenvalue weighted by Gasteiger charge is -2.23. The van der Waals surface area contributed by atoms with Crippen LogP contribution in [0.25, 0.3) is 0 Å². The van der Waals surface area contributed by atoms with E-state index >= 15 is 0 Å². The van der Waals surface area contributed by atoms with Gasteiger partial charge in [0.05, 0.1) is 5.75 Å². The Morgan fingerprint density at radius 1 is 1.25 bits per heavy atom. The zero-order valence-corrected chi connectivity index (χ0v) is 9.54. The number of amides is 1. The van der Waals surface area contributed by atoms with Gasteiger partial charge in [0.25, 0.3) is 0 Å². The molecule has 0 N–H and O–H groups in total. The number of benzene rings is 1. The largest absolute Gasteiger partial charge is 0.323 e. The lowest BCUT2D eigenvalue weighted by atomic mass is 10.2. The van der Waals surface area contributed by atoms with E-state index in [9.17, 15) is 9.18 Å². The predicted molar refractivity (Wildman–Crippen MR) is 61.5 cm³/mol. The van der Waals surface area contributed by atoms with Gasteiger partial charge in [-0.15, -0.1) is 11.8 Å². The highest BCUT2D eigenvalue weighted by atomic mass is 32.2. The zero-order valence-electron chi connectivity index (χ0n) is 8.73. The maximum Gasteiger partial charge on any atom is 0.234 e. The highest BCUT2D eigenvalue weighted by Gasteiger charge is 2.42. The van der Waals surface area contributed by atoms with Crippen molar-refractivity contribution in [3.8, 4) is 0 Å². The maximum absolute atomic E-state index is 12.8. The minimum atomic E-state index is -0.226. The number of carbonyl (C=O) groups is 1. The van der Waals surface area contributed by atoms with Crippen molar-refractivity contribution >= 4 is 17.7 Å². The highest BCUT2D eigenvalue weighted by molar-refractivity contribution is 8.00. The van der Waals surface area contributed by atoms with Crippen LogP contribution in [0.4, 0.5) is 4.39 Å². The van der Waals surface area contributed by atoms with E-state index in [0.717, 1.165) is 18.4 Å². The van der Waals surface area contributed by atoms with Gasteiger partial charge in [0.2, 0.25) is 5.91 Å². The van der Waals surface area contributed by atoms with Gasteiger partial charge in [0.1, 0.15) is 11.2 Å². The molecule has 0 bridgehead atoms. The molecule has 2 nitrogen and oxygen atoms in total. The third-order valence-electron chi connectivity index (χ3n) is 3.00. The lowest BCUT2D eigenvalue weighted by molar-refractivity contribution is -0.128. The first-order chi connectivity index (χ1) is 7.75. The third kappa shape index (κ3) is 1.71. The summed E-state index contributed by atoms with van der Waals surface area (Å²) in [6, 6.07) is 6.91. The van der Waals surface area contributed by atoms with Crippen molar-refractivity contribution < 1.29 is 9.18 Å². The molecule has 1 amide bonds. The first-order valence-corrected chi connectivity index (χ1v) is 6.49. The molecule has 0 aromatic heterocycles. The summed E-state index contributed by atoms with van der Waals surface area (Å²) >= 11 is 1.64. The van der Waals surface area contributed by atoms with Crippen molar-refractivity contribution in [3.05, 3.63) is 35.6 Å². The molecule has 1 aromatic rings. The Hall–Kier alpha value is -1.03. The van der Waals surface area contributed by atoms with Crippen molar-refractivity contribution in [2.45, 2.75) is 24.3 Å². The van der Waals surface area contributed by atoms with Gasteiger partial charge in [-0.3, -0.25) is 4.79 Å². The molecule has 2 aliphatic rings. The molecule has 16 heavy (non-hydrogen) atoms. The molecular weight excluding hydrogens is 225 g/mol. The summed E-state index contributed by atoms with van der Waals surface area (Å²) in [5.41, 5.74) is 1.03.